The van der Waals surface area contributed by atoms with Gasteiger partial charge in [-0.25, -0.2) is 4.98 Å². The first kappa shape index (κ1) is 11.5. The fourth-order valence-electron chi connectivity index (χ4n) is 1.09. The molecule has 2 aromatic rings. The van der Waals surface area contributed by atoms with Crippen LogP contribution >= 0.6 is 34.4 Å². The Labute approximate surface area is 109 Å². The number of hydrogen-bond acceptors (Lipinski definition) is 4. The number of para-hydroxylation sites is 1. The van der Waals surface area contributed by atoms with Gasteiger partial charge in [0.25, 0.3) is 5.56 Å². The van der Waals surface area contributed by atoms with Gasteiger partial charge in [-0.15, -0.1) is 0 Å². The number of nitrogens with one attached hydrogen (secondary N) is 1. The van der Waals surface area contributed by atoms with Crippen LogP contribution in [0.1, 0.15) is 0 Å². The van der Waals surface area contributed by atoms with Gasteiger partial charge in [-0.05, 0) is 34.7 Å². The lowest BCUT2D eigenvalue weighted by Crippen LogP contribution is -2.10. The number of aromatic hydroxyl groups is 1. The lowest BCUT2D eigenvalue weighted by atomic mass is 10.3. The number of halogens is 1. The second-order valence-electron chi connectivity index (χ2n) is 2.92. The molecule has 4 nitrogen and oxygen atoms in total. The number of hydrogen-bond donors (Lipinski definition) is 2. The van der Waals surface area contributed by atoms with Crippen molar-refractivity contribution in [3.05, 3.63) is 44.5 Å². The third-order valence-electron chi connectivity index (χ3n) is 1.84. The zero-order chi connectivity index (χ0) is 11.5. The standard InChI is InChI=1S/C10H7IN2O2S/c11-8-9(15)12-5-13-10(8)16-7-4-2-1-3-6(7)14/h1-5,14H,(H,12,13,15). The van der Waals surface area contributed by atoms with Crippen molar-refractivity contribution in [3.8, 4) is 5.75 Å². The Morgan fingerprint density at radius 2 is 2.12 bits per heavy atom. The molecule has 0 aliphatic heterocycles. The van der Waals surface area contributed by atoms with Crippen LogP contribution < -0.4 is 5.56 Å². The lowest BCUT2D eigenvalue weighted by molar-refractivity contribution is 0.462. The zero-order valence-corrected chi connectivity index (χ0v) is 10.9. The van der Waals surface area contributed by atoms with Gasteiger partial charge in [0.15, 0.2) is 0 Å². The molecule has 0 unspecified atom stereocenters. The Balaban J connectivity index is 2.38. The summed E-state index contributed by atoms with van der Waals surface area (Å²) in [7, 11) is 0. The quantitative estimate of drug-likeness (QED) is 0.647. The van der Waals surface area contributed by atoms with Crippen molar-refractivity contribution in [2.75, 3.05) is 0 Å². The van der Waals surface area contributed by atoms with Crippen molar-refractivity contribution in [2.45, 2.75) is 9.92 Å². The molecule has 0 bridgehead atoms. The number of rotatable bonds is 2. The number of benzene rings is 1. The van der Waals surface area contributed by atoms with E-state index < -0.39 is 0 Å². The first-order chi connectivity index (χ1) is 7.68. The first-order valence-corrected chi connectivity index (χ1v) is 6.27. The van der Waals surface area contributed by atoms with Gasteiger partial charge in [-0.3, -0.25) is 4.79 Å². The van der Waals surface area contributed by atoms with E-state index in [2.05, 4.69) is 9.97 Å². The number of phenols is 1. The highest BCUT2D eigenvalue weighted by atomic mass is 127. The molecule has 82 valence electrons. The summed E-state index contributed by atoms with van der Waals surface area (Å²) in [6.45, 7) is 0. The minimum atomic E-state index is -0.173. The number of nitrogens with zero attached hydrogens (tertiary/aromatic N) is 1. The molecule has 0 fully saturated rings. The maximum absolute atomic E-state index is 11.3. The molecule has 1 aromatic heterocycles. The van der Waals surface area contributed by atoms with E-state index in [4.69, 9.17) is 0 Å². The predicted octanol–water partition coefficient (Wildman–Crippen LogP) is 2.23. The highest BCUT2D eigenvalue weighted by Crippen LogP contribution is 2.33. The number of H-pyrrole nitrogens is 1. The van der Waals surface area contributed by atoms with Crippen LogP contribution in [0.3, 0.4) is 0 Å². The number of aromatic nitrogens is 2. The van der Waals surface area contributed by atoms with Gasteiger partial charge in [0, 0.05) is 0 Å². The van der Waals surface area contributed by atoms with Crippen LogP contribution in [0.15, 0.2) is 45.3 Å². The summed E-state index contributed by atoms with van der Waals surface area (Å²) in [5.74, 6) is 0.186. The molecule has 2 rings (SSSR count). The van der Waals surface area contributed by atoms with E-state index in [1.807, 2.05) is 28.7 Å². The molecule has 1 aromatic carbocycles. The van der Waals surface area contributed by atoms with E-state index in [0.29, 0.717) is 13.5 Å². The molecular weight excluding hydrogens is 339 g/mol. The second kappa shape index (κ2) is 4.88. The van der Waals surface area contributed by atoms with E-state index in [1.54, 1.807) is 18.2 Å². The summed E-state index contributed by atoms with van der Waals surface area (Å²) in [4.78, 5) is 18.6. The topological polar surface area (TPSA) is 66.0 Å². The Morgan fingerprint density at radius 3 is 2.88 bits per heavy atom. The summed E-state index contributed by atoms with van der Waals surface area (Å²) in [5.41, 5.74) is -0.173. The molecule has 6 heteroatoms. The van der Waals surface area contributed by atoms with E-state index in [9.17, 15) is 9.90 Å². The molecule has 0 atom stereocenters. The van der Waals surface area contributed by atoms with Crippen molar-refractivity contribution in [2.24, 2.45) is 0 Å². The van der Waals surface area contributed by atoms with Crippen molar-refractivity contribution in [3.63, 3.8) is 0 Å². The molecule has 0 aliphatic rings. The maximum atomic E-state index is 11.3. The summed E-state index contributed by atoms with van der Waals surface area (Å²) in [5, 5.41) is 10.2. The van der Waals surface area contributed by atoms with E-state index in [0.717, 1.165) is 0 Å². The predicted molar refractivity (Wildman–Crippen MR) is 69.8 cm³/mol. The molecule has 16 heavy (non-hydrogen) atoms. The molecule has 0 spiro atoms. The van der Waals surface area contributed by atoms with Crippen molar-refractivity contribution < 1.29 is 5.11 Å². The fourth-order valence-corrected chi connectivity index (χ4v) is 2.53. The zero-order valence-electron chi connectivity index (χ0n) is 7.98. The van der Waals surface area contributed by atoms with E-state index in [-0.39, 0.29) is 11.3 Å². The Bertz CT molecular complexity index is 571. The number of phenolic OH excluding ortho intramolecular Hbond substituents is 1. The van der Waals surface area contributed by atoms with E-state index in [1.165, 1.54) is 18.1 Å². The van der Waals surface area contributed by atoms with Crippen LogP contribution in [0.2, 0.25) is 0 Å². The average molecular weight is 346 g/mol. The monoisotopic (exact) mass is 346 g/mol. The van der Waals surface area contributed by atoms with Gasteiger partial charge >= 0.3 is 0 Å². The Kier molecular flexibility index (Phi) is 3.49. The van der Waals surface area contributed by atoms with Crippen LogP contribution in [-0.4, -0.2) is 15.1 Å². The molecule has 1 heterocycles. The van der Waals surface area contributed by atoms with Crippen molar-refractivity contribution in [1.29, 1.82) is 0 Å². The summed E-state index contributed by atoms with van der Waals surface area (Å²) >= 11 is 3.20. The van der Waals surface area contributed by atoms with Gasteiger partial charge in [0.2, 0.25) is 0 Å². The van der Waals surface area contributed by atoms with E-state index >= 15 is 0 Å². The second-order valence-corrected chi connectivity index (χ2v) is 5.03. The highest BCUT2D eigenvalue weighted by molar-refractivity contribution is 14.1. The lowest BCUT2D eigenvalue weighted by Gasteiger charge is -2.03. The SMILES string of the molecule is O=c1[nH]cnc(Sc2ccccc2O)c1I. The summed E-state index contributed by atoms with van der Waals surface area (Å²) in [6, 6.07) is 6.94. The van der Waals surface area contributed by atoms with Crippen LogP contribution in [0.4, 0.5) is 0 Å². The molecule has 0 aliphatic carbocycles. The largest absolute Gasteiger partial charge is 0.507 e. The summed E-state index contributed by atoms with van der Waals surface area (Å²) < 4.78 is 0.522. The van der Waals surface area contributed by atoms with Gasteiger partial charge < -0.3 is 10.1 Å². The third-order valence-corrected chi connectivity index (χ3v) is 4.27. The van der Waals surface area contributed by atoms with Crippen molar-refractivity contribution >= 4 is 34.4 Å². The summed E-state index contributed by atoms with van der Waals surface area (Å²) in [6.07, 6.45) is 1.35. The van der Waals surface area contributed by atoms with Gasteiger partial charge in [-0.2, -0.15) is 0 Å². The smallest absolute Gasteiger partial charge is 0.265 e. The van der Waals surface area contributed by atoms with Gasteiger partial charge in [-0.1, -0.05) is 23.9 Å². The van der Waals surface area contributed by atoms with Gasteiger partial charge in [0.1, 0.15) is 14.3 Å². The molecule has 2 N–H and O–H groups in total. The normalized spacial score (nSPS) is 10.3. The molecule has 0 saturated heterocycles. The van der Waals surface area contributed by atoms with Crippen LogP contribution in [0.5, 0.6) is 5.75 Å². The van der Waals surface area contributed by atoms with Crippen LogP contribution in [-0.2, 0) is 0 Å². The van der Waals surface area contributed by atoms with Crippen LogP contribution in [0, 0.1) is 3.57 Å². The average Bonchev–Trinajstić information content (AvgIpc) is 2.28. The molecule has 0 amide bonds. The van der Waals surface area contributed by atoms with Crippen LogP contribution in [0.25, 0.3) is 0 Å². The Hall–Kier alpha value is -1.02. The van der Waals surface area contributed by atoms with Gasteiger partial charge in [0.05, 0.1) is 11.2 Å². The minimum Gasteiger partial charge on any atom is -0.507 e. The molecular formula is C10H7IN2O2S. The number of aromatic amines is 1. The fraction of sp³-hybridized carbons (Fsp3) is 0. The first-order valence-electron chi connectivity index (χ1n) is 4.37. The molecule has 0 radical (unpaired) electrons. The third kappa shape index (κ3) is 2.38. The van der Waals surface area contributed by atoms with Crippen molar-refractivity contribution in [1.82, 2.24) is 9.97 Å². The molecule has 0 saturated carbocycles. The minimum absolute atomic E-state index is 0.173. The maximum Gasteiger partial charge on any atom is 0.265 e. The Morgan fingerprint density at radius 1 is 1.38 bits per heavy atom. The highest BCUT2D eigenvalue weighted by Gasteiger charge is 2.09.